The van der Waals surface area contributed by atoms with Crippen LogP contribution in [0.4, 0.5) is 0 Å². The molecule has 0 aromatic carbocycles. The molecule has 0 spiro atoms. The maximum Gasteiger partial charge on any atom is 2.00 e. The van der Waals surface area contributed by atoms with E-state index in [-0.39, 0.29) is 29.5 Å². The van der Waals surface area contributed by atoms with Gasteiger partial charge in [0.25, 0.3) is 0 Å². The number of rotatable bonds is 0. The van der Waals surface area contributed by atoms with Crippen LogP contribution in [0.3, 0.4) is 0 Å². The van der Waals surface area contributed by atoms with Gasteiger partial charge < -0.3 is 20.1 Å². The average Bonchev–Trinajstić information content (AvgIpc) is 0.722. The van der Waals surface area contributed by atoms with Crippen LogP contribution >= 0.6 is 0 Å². The summed E-state index contributed by atoms with van der Waals surface area (Å²) in [6.45, 7) is 0. The molecular weight excluding hydrogens is 179 g/mol. The predicted octanol–water partition coefficient (Wildman–Crippen LogP) is -2.99. The smallest absolute Gasteiger partial charge is 0.759 e. The zero-order valence-electron chi connectivity index (χ0n) is 3.49. The van der Waals surface area contributed by atoms with Crippen LogP contribution < -0.4 is 0 Å². The Labute approximate surface area is 58.0 Å². The second-order valence-electron chi connectivity index (χ2n) is 0.408. The molecule has 0 bridgehead atoms. The van der Waals surface area contributed by atoms with Crippen LogP contribution in [0, 0.1) is 0 Å². The van der Waals surface area contributed by atoms with Gasteiger partial charge in [0.1, 0.15) is 0 Å². The monoisotopic (exact) mass is 183 g/mol. The van der Waals surface area contributed by atoms with Gasteiger partial charge in [-0.25, -0.2) is 0 Å². The molecule has 0 aliphatic carbocycles. The zero-order valence-corrected chi connectivity index (χ0v) is 5.70. The molecule has 4 N–H and O–H groups in total. The van der Waals surface area contributed by atoms with Gasteiger partial charge in [-0.05, 0) is 0 Å². The largest absolute Gasteiger partial charge is 2.00 e. The molecule has 0 aliphatic rings. The standard InChI is InChI=1S/H2O4S.2H2O.V/c1-5(2,3)4;;;/h(H2,1,2,3,4);2*1H2;/q;;;+2/p-2. The van der Waals surface area contributed by atoms with Crippen molar-refractivity contribution in [1.82, 2.24) is 0 Å². The molecule has 51 valence electrons. The predicted molar refractivity (Wildman–Crippen MR) is 17.7 cm³/mol. The molecule has 0 fully saturated rings. The molecule has 0 heterocycles. The molecule has 8 heteroatoms. The zero-order chi connectivity index (χ0) is 4.50. The van der Waals surface area contributed by atoms with Crippen molar-refractivity contribution < 1.29 is 47.0 Å². The van der Waals surface area contributed by atoms with Crippen molar-refractivity contribution in [3.63, 3.8) is 0 Å². The van der Waals surface area contributed by atoms with E-state index in [0.29, 0.717) is 0 Å². The summed E-state index contributed by atoms with van der Waals surface area (Å²) in [5, 5.41) is 0. The van der Waals surface area contributed by atoms with Gasteiger partial charge in [-0.1, -0.05) is 0 Å². The van der Waals surface area contributed by atoms with E-state index in [2.05, 4.69) is 0 Å². The summed E-state index contributed by atoms with van der Waals surface area (Å²) in [7, 11) is -5.17. The van der Waals surface area contributed by atoms with Crippen LogP contribution in [0.5, 0.6) is 0 Å². The van der Waals surface area contributed by atoms with Gasteiger partial charge in [0.2, 0.25) is 0 Å². The van der Waals surface area contributed by atoms with E-state index < -0.39 is 10.4 Å². The Kier molecular flexibility index (Phi) is 21.9. The van der Waals surface area contributed by atoms with Crippen molar-refractivity contribution >= 4 is 10.4 Å². The summed E-state index contributed by atoms with van der Waals surface area (Å²) in [5.74, 6) is 0. The Morgan fingerprint density at radius 2 is 1.00 bits per heavy atom. The van der Waals surface area contributed by atoms with Crippen molar-refractivity contribution in [3.05, 3.63) is 0 Å². The van der Waals surface area contributed by atoms with Crippen LogP contribution in [0.1, 0.15) is 0 Å². The van der Waals surface area contributed by atoms with Crippen LogP contribution in [0.15, 0.2) is 0 Å². The first kappa shape index (κ1) is 23.8. The number of hydrogen-bond donors (Lipinski definition) is 0. The van der Waals surface area contributed by atoms with Crippen LogP contribution in [0.2, 0.25) is 0 Å². The Morgan fingerprint density at radius 1 is 1.00 bits per heavy atom. The van der Waals surface area contributed by atoms with Gasteiger partial charge in [0.15, 0.2) is 0 Å². The molecular formula is H4O6SV. The molecule has 1 radical (unpaired) electrons. The van der Waals surface area contributed by atoms with E-state index in [1.807, 2.05) is 0 Å². The van der Waals surface area contributed by atoms with Gasteiger partial charge in [-0.15, -0.1) is 0 Å². The maximum absolute atomic E-state index is 8.52. The fourth-order valence-corrected chi connectivity index (χ4v) is 0. The summed E-state index contributed by atoms with van der Waals surface area (Å²) >= 11 is 0. The van der Waals surface area contributed by atoms with Gasteiger partial charge in [-0.2, -0.15) is 0 Å². The summed E-state index contributed by atoms with van der Waals surface area (Å²) in [4.78, 5) is 0. The fraction of sp³-hybridized carbons (Fsp3) is 0. The number of hydrogen-bond acceptors (Lipinski definition) is 4. The van der Waals surface area contributed by atoms with Crippen molar-refractivity contribution in [2.75, 3.05) is 0 Å². The molecule has 0 atom stereocenters. The normalized spacial score (nSPS) is 7.25. The van der Waals surface area contributed by atoms with Gasteiger partial charge in [0, 0.05) is 10.4 Å². The second-order valence-corrected chi connectivity index (χ2v) is 1.22. The molecule has 0 aromatic heterocycles. The van der Waals surface area contributed by atoms with E-state index in [4.69, 9.17) is 17.5 Å². The Bertz CT molecular complexity index is 91.7. The molecule has 0 aliphatic heterocycles. The van der Waals surface area contributed by atoms with Crippen molar-refractivity contribution in [2.24, 2.45) is 0 Å². The first-order valence-electron chi connectivity index (χ1n) is 0.667. The van der Waals surface area contributed by atoms with Crippen LogP contribution in [0.25, 0.3) is 0 Å². The third-order valence-electron chi connectivity index (χ3n) is 0. The molecule has 0 unspecified atom stereocenters. The Morgan fingerprint density at radius 3 is 1.00 bits per heavy atom. The fourth-order valence-electron chi connectivity index (χ4n) is 0. The maximum atomic E-state index is 8.52. The molecule has 6 nitrogen and oxygen atoms in total. The summed E-state index contributed by atoms with van der Waals surface area (Å²) in [5.41, 5.74) is 0. The topological polar surface area (TPSA) is 143 Å². The third kappa shape index (κ3) is 1310. The SMILES string of the molecule is O.O.O=S(=O)([O-])[O-].[V+2]. The first-order valence-corrected chi connectivity index (χ1v) is 2.00. The third-order valence-corrected chi connectivity index (χ3v) is 0. The Hall–Kier alpha value is 0.374. The first-order chi connectivity index (χ1) is 2.00. The quantitative estimate of drug-likeness (QED) is 0.291. The minimum Gasteiger partial charge on any atom is -0.759 e. The summed E-state index contributed by atoms with van der Waals surface area (Å²) in [6.07, 6.45) is 0. The molecule has 0 aromatic rings. The van der Waals surface area contributed by atoms with E-state index in [0.717, 1.165) is 0 Å². The Balaban J connectivity index is -0.0000000267. The van der Waals surface area contributed by atoms with E-state index in [1.165, 1.54) is 0 Å². The van der Waals surface area contributed by atoms with Crippen molar-refractivity contribution in [2.45, 2.75) is 0 Å². The van der Waals surface area contributed by atoms with Crippen LogP contribution in [-0.4, -0.2) is 28.5 Å². The van der Waals surface area contributed by atoms with Crippen molar-refractivity contribution in [1.29, 1.82) is 0 Å². The van der Waals surface area contributed by atoms with Gasteiger partial charge >= 0.3 is 18.6 Å². The van der Waals surface area contributed by atoms with E-state index in [9.17, 15) is 0 Å². The molecule has 0 rings (SSSR count). The molecule has 0 amide bonds. The van der Waals surface area contributed by atoms with Crippen molar-refractivity contribution in [3.8, 4) is 0 Å². The average molecular weight is 183 g/mol. The molecule has 0 saturated heterocycles. The molecule has 8 heavy (non-hydrogen) atoms. The minimum atomic E-state index is -5.17. The van der Waals surface area contributed by atoms with E-state index in [1.54, 1.807) is 0 Å². The minimum absolute atomic E-state index is 0. The van der Waals surface area contributed by atoms with Crippen LogP contribution in [-0.2, 0) is 29.0 Å². The molecule has 0 saturated carbocycles. The summed E-state index contributed by atoms with van der Waals surface area (Å²) in [6, 6.07) is 0. The second kappa shape index (κ2) is 7.37. The van der Waals surface area contributed by atoms with E-state index >= 15 is 0 Å². The van der Waals surface area contributed by atoms with Gasteiger partial charge in [0.05, 0.1) is 0 Å². The summed E-state index contributed by atoms with van der Waals surface area (Å²) < 4.78 is 34.1. The van der Waals surface area contributed by atoms with Gasteiger partial charge in [-0.3, -0.25) is 8.42 Å².